The molecule has 0 fully saturated rings. The number of halogens is 3. The van der Waals surface area contributed by atoms with E-state index in [1.165, 1.54) is 30.1 Å². The first kappa shape index (κ1) is 17.9. The molecule has 0 unspecified atom stereocenters. The lowest BCUT2D eigenvalue weighted by Gasteiger charge is -2.17. The van der Waals surface area contributed by atoms with Gasteiger partial charge in [-0.1, -0.05) is 23.7 Å². The van der Waals surface area contributed by atoms with Crippen LogP contribution in [0.3, 0.4) is 0 Å². The predicted octanol–water partition coefficient (Wildman–Crippen LogP) is 3.43. The van der Waals surface area contributed by atoms with Crippen molar-refractivity contribution in [1.29, 1.82) is 0 Å². The van der Waals surface area contributed by atoms with Crippen molar-refractivity contribution in [3.63, 3.8) is 0 Å². The molecule has 0 saturated heterocycles. The smallest absolute Gasteiger partial charge is 0.341 e. The highest BCUT2D eigenvalue weighted by Gasteiger charge is 2.17. The SMILES string of the molecule is CN(Cc1ccc(F)cc1)C(=O)COC(=O)c1cc(Cl)ccc1F. The van der Waals surface area contributed by atoms with Crippen LogP contribution >= 0.6 is 11.6 Å². The van der Waals surface area contributed by atoms with Crippen LogP contribution in [-0.2, 0) is 16.1 Å². The molecule has 0 spiro atoms. The second-order valence-corrected chi connectivity index (χ2v) is 5.51. The number of rotatable bonds is 5. The maximum atomic E-state index is 13.5. The maximum absolute atomic E-state index is 13.5. The number of hydrogen-bond donors (Lipinski definition) is 0. The third kappa shape index (κ3) is 4.76. The quantitative estimate of drug-likeness (QED) is 0.774. The van der Waals surface area contributed by atoms with Crippen molar-refractivity contribution in [3.8, 4) is 0 Å². The molecule has 7 heteroatoms. The summed E-state index contributed by atoms with van der Waals surface area (Å²) in [6.07, 6.45) is 0. The molecular formula is C17H14ClF2NO3. The summed E-state index contributed by atoms with van der Waals surface area (Å²) in [5.74, 6) is -2.60. The van der Waals surface area contributed by atoms with E-state index in [4.69, 9.17) is 16.3 Å². The van der Waals surface area contributed by atoms with Crippen LogP contribution in [0.4, 0.5) is 8.78 Å². The number of nitrogens with zero attached hydrogens (tertiary/aromatic N) is 1. The Kier molecular flexibility index (Phi) is 5.87. The first-order chi connectivity index (χ1) is 11.4. The Hall–Kier alpha value is -2.47. The zero-order valence-corrected chi connectivity index (χ0v) is 13.5. The van der Waals surface area contributed by atoms with Crippen molar-refractivity contribution in [1.82, 2.24) is 4.90 Å². The minimum atomic E-state index is -0.974. The zero-order chi connectivity index (χ0) is 17.7. The molecule has 0 aliphatic rings. The molecule has 2 aromatic carbocycles. The van der Waals surface area contributed by atoms with Gasteiger partial charge in [-0.15, -0.1) is 0 Å². The van der Waals surface area contributed by atoms with Gasteiger partial charge in [0.15, 0.2) is 6.61 Å². The van der Waals surface area contributed by atoms with Gasteiger partial charge in [0.2, 0.25) is 0 Å². The van der Waals surface area contributed by atoms with Crippen LogP contribution in [0.25, 0.3) is 0 Å². The van der Waals surface area contributed by atoms with Crippen molar-refractivity contribution < 1.29 is 23.1 Å². The van der Waals surface area contributed by atoms with Crippen LogP contribution in [0.2, 0.25) is 5.02 Å². The minimum absolute atomic E-state index is 0.183. The van der Waals surface area contributed by atoms with Crippen molar-refractivity contribution in [2.75, 3.05) is 13.7 Å². The molecule has 0 N–H and O–H groups in total. The fourth-order valence-corrected chi connectivity index (χ4v) is 2.09. The van der Waals surface area contributed by atoms with E-state index in [2.05, 4.69) is 0 Å². The van der Waals surface area contributed by atoms with Crippen molar-refractivity contribution in [2.24, 2.45) is 0 Å². The summed E-state index contributed by atoms with van der Waals surface area (Å²) in [5.41, 5.74) is 0.385. The fraction of sp³-hybridized carbons (Fsp3) is 0.176. The van der Waals surface area contributed by atoms with E-state index < -0.39 is 24.3 Å². The summed E-state index contributed by atoms with van der Waals surface area (Å²) in [6, 6.07) is 9.15. The van der Waals surface area contributed by atoms with Gasteiger partial charge in [-0.3, -0.25) is 4.79 Å². The van der Waals surface area contributed by atoms with E-state index >= 15 is 0 Å². The van der Waals surface area contributed by atoms with Crippen LogP contribution in [-0.4, -0.2) is 30.4 Å². The third-order valence-electron chi connectivity index (χ3n) is 3.23. The van der Waals surface area contributed by atoms with E-state index in [9.17, 15) is 18.4 Å². The number of likely N-dealkylation sites (N-methyl/N-ethyl adjacent to an activating group) is 1. The van der Waals surface area contributed by atoms with Gasteiger partial charge in [0.1, 0.15) is 11.6 Å². The molecule has 24 heavy (non-hydrogen) atoms. The van der Waals surface area contributed by atoms with Crippen LogP contribution in [0.5, 0.6) is 0 Å². The summed E-state index contributed by atoms with van der Waals surface area (Å²) in [7, 11) is 1.51. The van der Waals surface area contributed by atoms with Gasteiger partial charge in [-0.25, -0.2) is 13.6 Å². The summed E-state index contributed by atoms with van der Waals surface area (Å²) < 4.78 is 31.2. The van der Waals surface area contributed by atoms with Gasteiger partial charge < -0.3 is 9.64 Å². The average molecular weight is 354 g/mol. The van der Waals surface area contributed by atoms with Gasteiger partial charge in [0, 0.05) is 18.6 Å². The minimum Gasteiger partial charge on any atom is -0.452 e. The highest BCUT2D eigenvalue weighted by Crippen LogP contribution is 2.16. The van der Waals surface area contributed by atoms with E-state index in [-0.39, 0.29) is 22.9 Å². The molecule has 0 bridgehead atoms. The van der Waals surface area contributed by atoms with Gasteiger partial charge >= 0.3 is 5.97 Å². The molecule has 0 aromatic heterocycles. The van der Waals surface area contributed by atoms with E-state index in [1.807, 2.05) is 0 Å². The number of benzene rings is 2. The molecule has 126 valence electrons. The second kappa shape index (κ2) is 7.88. The van der Waals surface area contributed by atoms with Crippen molar-refractivity contribution in [3.05, 3.63) is 70.2 Å². The van der Waals surface area contributed by atoms with E-state index in [0.717, 1.165) is 17.7 Å². The number of carbonyl (C=O) groups is 2. The summed E-state index contributed by atoms with van der Waals surface area (Å²) in [5, 5.41) is 0.183. The standard InChI is InChI=1S/C17H14ClF2NO3/c1-21(9-11-2-5-13(19)6-3-11)16(22)10-24-17(23)14-8-12(18)4-7-15(14)20/h2-8H,9-10H2,1H3. The molecule has 0 radical (unpaired) electrons. The lowest BCUT2D eigenvalue weighted by atomic mass is 10.2. The number of carbonyl (C=O) groups excluding carboxylic acids is 2. The van der Waals surface area contributed by atoms with Crippen molar-refractivity contribution in [2.45, 2.75) is 6.54 Å². The van der Waals surface area contributed by atoms with Crippen LogP contribution < -0.4 is 0 Å². The van der Waals surface area contributed by atoms with Crippen LogP contribution in [0.15, 0.2) is 42.5 Å². The monoisotopic (exact) mass is 353 g/mol. The first-order valence-corrected chi connectivity index (χ1v) is 7.35. The van der Waals surface area contributed by atoms with Gasteiger partial charge in [0.05, 0.1) is 5.56 Å². The molecular weight excluding hydrogens is 340 g/mol. The Balaban J connectivity index is 1.91. The molecule has 2 rings (SSSR count). The summed E-state index contributed by atoms with van der Waals surface area (Å²) in [6.45, 7) is -0.315. The molecule has 4 nitrogen and oxygen atoms in total. The molecule has 0 heterocycles. The Labute approximate surface area is 142 Å². The Bertz CT molecular complexity index is 750. The Morgan fingerprint density at radius 1 is 1.12 bits per heavy atom. The van der Waals surface area contributed by atoms with Gasteiger partial charge in [-0.2, -0.15) is 0 Å². The normalized spacial score (nSPS) is 10.3. The van der Waals surface area contributed by atoms with E-state index in [0.29, 0.717) is 0 Å². The lowest BCUT2D eigenvalue weighted by Crippen LogP contribution is -2.31. The highest BCUT2D eigenvalue weighted by molar-refractivity contribution is 6.30. The Morgan fingerprint density at radius 3 is 2.46 bits per heavy atom. The largest absolute Gasteiger partial charge is 0.452 e. The second-order valence-electron chi connectivity index (χ2n) is 5.08. The molecule has 0 saturated carbocycles. The van der Waals surface area contributed by atoms with E-state index in [1.54, 1.807) is 12.1 Å². The third-order valence-corrected chi connectivity index (χ3v) is 3.47. The maximum Gasteiger partial charge on any atom is 0.341 e. The number of hydrogen-bond acceptors (Lipinski definition) is 3. The topological polar surface area (TPSA) is 46.6 Å². The molecule has 2 aromatic rings. The summed E-state index contributed by atoms with van der Waals surface area (Å²) >= 11 is 5.70. The summed E-state index contributed by atoms with van der Waals surface area (Å²) in [4.78, 5) is 25.1. The van der Waals surface area contributed by atoms with Crippen molar-refractivity contribution >= 4 is 23.5 Å². The molecule has 0 aliphatic heterocycles. The number of ether oxygens (including phenoxy) is 1. The zero-order valence-electron chi connectivity index (χ0n) is 12.8. The van der Waals surface area contributed by atoms with Gasteiger partial charge in [0.25, 0.3) is 5.91 Å². The fourth-order valence-electron chi connectivity index (χ4n) is 1.92. The van der Waals surface area contributed by atoms with Crippen LogP contribution in [0, 0.1) is 11.6 Å². The first-order valence-electron chi connectivity index (χ1n) is 6.97. The molecule has 0 atom stereocenters. The number of esters is 1. The Morgan fingerprint density at radius 2 is 1.79 bits per heavy atom. The highest BCUT2D eigenvalue weighted by atomic mass is 35.5. The van der Waals surface area contributed by atoms with Gasteiger partial charge in [-0.05, 0) is 35.9 Å². The number of amides is 1. The molecule has 1 amide bonds. The average Bonchev–Trinajstić information content (AvgIpc) is 2.56. The van der Waals surface area contributed by atoms with Crippen LogP contribution in [0.1, 0.15) is 15.9 Å². The lowest BCUT2D eigenvalue weighted by molar-refractivity contribution is -0.133. The molecule has 0 aliphatic carbocycles. The predicted molar refractivity (Wildman–Crippen MR) is 84.6 cm³/mol.